The predicted molar refractivity (Wildman–Crippen MR) is 61.6 cm³/mol. The summed E-state index contributed by atoms with van der Waals surface area (Å²) in [7, 11) is 0. The van der Waals surface area contributed by atoms with Crippen molar-refractivity contribution in [2.24, 2.45) is 0 Å². The first-order valence-electron chi connectivity index (χ1n) is 5.84. The van der Waals surface area contributed by atoms with E-state index in [1.165, 1.54) is 6.07 Å². The van der Waals surface area contributed by atoms with Crippen LogP contribution in [0.25, 0.3) is 0 Å². The summed E-state index contributed by atoms with van der Waals surface area (Å²) in [6.07, 6.45) is -0.414. The molecule has 110 valence electrons. The molecule has 0 atom stereocenters. The molecule has 1 aromatic rings. The van der Waals surface area contributed by atoms with Crippen molar-refractivity contribution in [2.75, 3.05) is 0 Å². The maximum absolute atomic E-state index is 13.2. The summed E-state index contributed by atoms with van der Waals surface area (Å²) >= 11 is 0. The van der Waals surface area contributed by atoms with Crippen LogP contribution in [0.1, 0.15) is 12.8 Å². The molecule has 0 radical (unpaired) electrons. The molecule has 20 heavy (non-hydrogen) atoms. The van der Waals surface area contributed by atoms with Crippen LogP contribution in [0.2, 0.25) is 0 Å². The molecule has 0 bridgehead atoms. The molecule has 1 aromatic carbocycles. The Morgan fingerprint density at radius 1 is 1.40 bits per heavy atom. The van der Waals surface area contributed by atoms with E-state index < -0.39 is 24.3 Å². The monoisotopic (exact) mass is 291 g/mol. The van der Waals surface area contributed by atoms with Crippen molar-refractivity contribution in [3.63, 3.8) is 0 Å². The highest BCUT2D eigenvalue weighted by atomic mass is 19.3. The van der Waals surface area contributed by atoms with Gasteiger partial charge in [-0.15, -0.1) is 0 Å². The Hall–Kier alpha value is -2.12. The number of hydrogen-bond acceptors (Lipinski definition) is 3. The molecule has 8 heteroatoms. The molecule has 1 amide bonds. The Labute approximate surface area is 112 Å². The molecule has 0 spiro atoms. The van der Waals surface area contributed by atoms with E-state index in [9.17, 15) is 18.0 Å². The number of benzene rings is 1. The summed E-state index contributed by atoms with van der Waals surface area (Å²) in [5.41, 5.74) is 0. The topological polar surface area (TPSA) is 67.8 Å². The number of rotatable bonds is 5. The Morgan fingerprint density at radius 3 is 2.70 bits per heavy atom. The molecule has 0 unspecified atom stereocenters. The summed E-state index contributed by atoms with van der Waals surface area (Å²) in [6, 6.07) is 3.12. The lowest BCUT2D eigenvalue weighted by atomic mass is 9.89. The third-order valence-electron chi connectivity index (χ3n) is 2.84. The van der Waals surface area contributed by atoms with Gasteiger partial charge >= 0.3 is 12.7 Å². The van der Waals surface area contributed by atoms with Gasteiger partial charge in [0.25, 0.3) is 0 Å². The summed E-state index contributed by atoms with van der Waals surface area (Å²) in [5.74, 6) is -1.30. The van der Waals surface area contributed by atoms with Crippen LogP contribution in [0.15, 0.2) is 18.2 Å². The van der Waals surface area contributed by atoms with Gasteiger partial charge in [-0.2, -0.15) is 8.78 Å². The second-order valence-corrected chi connectivity index (χ2v) is 4.33. The quantitative estimate of drug-likeness (QED) is 0.875. The maximum Gasteiger partial charge on any atom is 0.404 e. The zero-order valence-corrected chi connectivity index (χ0v) is 10.2. The molecule has 0 heterocycles. The smallest absolute Gasteiger partial charge is 0.404 e. The molecule has 2 rings (SSSR count). The highest BCUT2D eigenvalue weighted by molar-refractivity contribution is 5.65. The van der Waals surface area contributed by atoms with E-state index in [-0.39, 0.29) is 17.9 Å². The first-order valence-corrected chi connectivity index (χ1v) is 5.84. The van der Waals surface area contributed by atoms with Crippen LogP contribution in [-0.4, -0.2) is 30.0 Å². The molecular formula is C12H12F3NO4. The Bertz CT molecular complexity index is 492. The van der Waals surface area contributed by atoms with Gasteiger partial charge in [-0.25, -0.2) is 9.18 Å². The fourth-order valence-electron chi connectivity index (χ4n) is 1.89. The van der Waals surface area contributed by atoms with Crippen LogP contribution in [0.4, 0.5) is 18.0 Å². The van der Waals surface area contributed by atoms with E-state index in [2.05, 4.69) is 10.1 Å². The zero-order chi connectivity index (χ0) is 14.7. The molecule has 1 aliphatic rings. The molecule has 0 aliphatic heterocycles. The van der Waals surface area contributed by atoms with Gasteiger partial charge in [-0.3, -0.25) is 0 Å². The highest BCUT2D eigenvalue weighted by Crippen LogP contribution is 2.30. The second-order valence-electron chi connectivity index (χ2n) is 4.33. The van der Waals surface area contributed by atoms with E-state index in [4.69, 9.17) is 9.84 Å². The van der Waals surface area contributed by atoms with Crippen molar-refractivity contribution < 1.29 is 32.5 Å². The van der Waals surface area contributed by atoms with Crippen molar-refractivity contribution in [3.8, 4) is 11.5 Å². The largest absolute Gasteiger partial charge is 0.490 e. The van der Waals surface area contributed by atoms with Crippen molar-refractivity contribution in [1.82, 2.24) is 5.32 Å². The summed E-state index contributed by atoms with van der Waals surface area (Å²) in [5, 5.41) is 10.8. The standard InChI is InChI=1S/C12H12F3NO4/c13-9-2-1-7(5-10(9)20-11(14)15)19-8-3-6(4-8)16-12(17)18/h1-2,5-6,8,11,16H,3-4H2,(H,17,18)/t6-,8-. The predicted octanol–water partition coefficient (Wildman–Crippen LogP) is 2.60. The normalized spacial score (nSPS) is 21.2. The fourth-order valence-corrected chi connectivity index (χ4v) is 1.89. The SMILES string of the molecule is O=C(O)N[C@H]1C[C@H](Oc2ccc(F)c(OC(F)F)c2)C1. The van der Waals surface area contributed by atoms with Gasteiger partial charge in [-0.05, 0) is 12.1 Å². The molecule has 1 fully saturated rings. The number of carboxylic acid groups (broad SMARTS) is 1. The third-order valence-corrected chi connectivity index (χ3v) is 2.84. The molecule has 1 saturated carbocycles. The van der Waals surface area contributed by atoms with E-state index in [0.29, 0.717) is 12.8 Å². The van der Waals surface area contributed by atoms with Crippen LogP contribution in [0, 0.1) is 5.82 Å². The van der Waals surface area contributed by atoms with Crippen LogP contribution >= 0.6 is 0 Å². The van der Waals surface area contributed by atoms with E-state index in [1.807, 2.05) is 0 Å². The number of amides is 1. The van der Waals surface area contributed by atoms with Crippen LogP contribution < -0.4 is 14.8 Å². The van der Waals surface area contributed by atoms with Crippen LogP contribution in [0.3, 0.4) is 0 Å². The highest BCUT2D eigenvalue weighted by Gasteiger charge is 2.32. The lowest BCUT2D eigenvalue weighted by Crippen LogP contribution is -2.48. The molecule has 2 N–H and O–H groups in total. The molecule has 0 saturated heterocycles. The Kier molecular flexibility index (Phi) is 4.21. The average Bonchev–Trinajstić information content (AvgIpc) is 2.29. The molecule has 5 nitrogen and oxygen atoms in total. The van der Waals surface area contributed by atoms with Gasteiger partial charge in [-0.1, -0.05) is 0 Å². The van der Waals surface area contributed by atoms with E-state index in [1.54, 1.807) is 0 Å². The maximum atomic E-state index is 13.2. The van der Waals surface area contributed by atoms with Gasteiger partial charge in [0.15, 0.2) is 11.6 Å². The third kappa shape index (κ3) is 3.69. The lowest BCUT2D eigenvalue weighted by Gasteiger charge is -2.35. The Balaban J connectivity index is 1.89. The molecular weight excluding hydrogens is 279 g/mol. The minimum atomic E-state index is -3.12. The first kappa shape index (κ1) is 14.3. The summed E-state index contributed by atoms with van der Waals surface area (Å²) in [4.78, 5) is 10.4. The summed E-state index contributed by atoms with van der Waals surface area (Å²) < 4.78 is 46.7. The first-order chi connectivity index (χ1) is 9.44. The number of alkyl halides is 2. The zero-order valence-electron chi connectivity index (χ0n) is 10.2. The van der Waals surface area contributed by atoms with Crippen molar-refractivity contribution in [3.05, 3.63) is 24.0 Å². The molecule has 0 aromatic heterocycles. The molecule has 1 aliphatic carbocycles. The van der Waals surface area contributed by atoms with Crippen LogP contribution in [0.5, 0.6) is 11.5 Å². The van der Waals surface area contributed by atoms with E-state index >= 15 is 0 Å². The van der Waals surface area contributed by atoms with Crippen LogP contribution in [-0.2, 0) is 0 Å². The number of hydrogen-bond donors (Lipinski definition) is 2. The average molecular weight is 291 g/mol. The minimum absolute atomic E-state index is 0.185. The van der Waals surface area contributed by atoms with E-state index in [0.717, 1.165) is 12.1 Å². The minimum Gasteiger partial charge on any atom is -0.490 e. The van der Waals surface area contributed by atoms with Gasteiger partial charge in [0.1, 0.15) is 11.9 Å². The fraction of sp³-hybridized carbons (Fsp3) is 0.417. The number of nitrogens with one attached hydrogen (secondary N) is 1. The lowest BCUT2D eigenvalue weighted by molar-refractivity contribution is -0.0523. The number of halogens is 3. The van der Waals surface area contributed by atoms with Gasteiger partial charge in [0.2, 0.25) is 0 Å². The van der Waals surface area contributed by atoms with Gasteiger partial charge in [0, 0.05) is 24.9 Å². The van der Waals surface area contributed by atoms with Crippen molar-refractivity contribution in [2.45, 2.75) is 31.6 Å². The van der Waals surface area contributed by atoms with Gasteiger partial charge < -0.3 is 19.9 Å². The van der Waals surface area contributed by atoms with Crippen molar-refractivity contribution >= 4 is 6.09 Å². The number of carbonyl (C=O) groups is 1. The number of ether oxygens (including phenoxy) is 2. The summed E-state index contributed by atoms with van der Waals surface area (Å²) in [6.45, 7) is -3.12. The Morgan fingerprint density at radius 2 is 2.10 bits per heavy atom. The van der Waals surface area contributed by atoms with Gasteiger partial charge in [0.05, 0.1) is 0 Å². The second kappa shape index (κ2) is 5.89. The van der Waals surface area contributed by atoms with Crippen molar-refractivity contribution in [1.29, 1.82) is 0 Å².